The van der Waals surface area contributed by atoms with Gasteiger partial charge in [-0.1, -0.05) is 24.3 Å². The zero-order valence-electron chi connectivity index (χ0n) is 17.3. The van der Waals surface area contributed by atoms with Crippen LogP contribution in [0.1, 0.15) is 34.8 Å². The number of aromatic nitrogens is 2. The predicted octanol–water partition coefficient (Wildman–Crippen LogP) is 4.46. The Bertz CT molecular complexity index is 1230. The maximum Gasteiger partial charge on any atom is 0.269 e. The summed E-state index contributed by atoms with van der Waals surface area (Å²) in [5.41, 5.74) is 3.43. The van der Waals surface area contributed by atoms with Gasteiger partial charge in [-0.05, 0) is 67.7 Å². The lowest BCUT2D eigenvalue weighted by atomic mass is 9.89. The van der Waals surface area contributed by atoms with E-state index in [1.165, 1.54) is 11.6 Å². The van der Waals surface area contributed by atoms with Gasteiger partial charge in [0.25, 0.3) is 5.91 Å². The van der Waals surface area contributed by atoms with Crippen LogP contribution in [0.25, 0.3) is 21.8 Å². The third kappa shape index (κ3) is 4.16. The minimum atomic E-state index is -0.211. The van der Waals surface area contributed by atoms with E-state index in [1.54, 1.807) is 12.1 Å². The molecule has 6 heteroatoms. The van der Waals surface area contributed by atoms with Crippen molar-refractivity contribution in [3.8, 4) is 0 Å². The Morgan fingerprint density at radius 3 is 2.84 bits per heavy atom. The molecule has 1 aliphatic rings. The number of piperidine rings is 1. The number of carbonyl (C=O) groups excluding carboxylic acids is 1. The lowest BCUT2D eigenvalue weighted by molar-refractivity contribution is 0.0941. The second-order valence-corrected chi connectivity index (χ2v) is 8.19. The van der Waals surface area contributed by atoms with Crippen molar-refractivity contribution in [2.45, 2.75) is 18.8 Å². The van der Waals surface area contributed by atoms with Gasteiger partial charge < -0.3 is 15.2 Å². The van der Waals surface area contributed by atoms with Crippen molar-refractivity contribution in [1.29, 1.82) is 0 Å². The van der Waals surface area contributed by atoms with Crippen molar-refractivity contribution >= 4 is 27.7 Å². The number of benzene rings is 2. The van der Waals surface area contributed by atoms with Crippen molar-refractivity contribution in [2.75, 3.05) is 26.2 Å². The maximum absolute atomic E-state index is 13.4. The molecule has 0 bridgehead atoms. The summed E-state index contributed by atoms with van der Waals surface area (Å²) in [6.45, 7) is 3.40. The first-order chi connectivity index (χ1) is 15.2. The molecule has 0 saturated carbocycles. The molecule has 5 rings (SSSR count). The van der Waals surface area contributed by atoms with Crippen LogP contribution in [0, 0.1) is 5.82 Å². The minimum Gasteiger partial charge on any atom is -0.361 e. The van der Waals surface area contributed by atoms with E-state index in [0.29, 0.717) is 18.2 Å². The molecule has 0 unspecified atom stereocenters. The van der Waals surface area contributed by atoms with Crippen LogP contribution in [-0.2, 0) is 0 Å². The van der Waals surface area contributed by atoms with Crippen LogP contribution in [-0.4, -0.2) is 47.0 Å². The number of fused-ring (bicyclic) bond motifs is 2. The molecular formula is C25H25FN4O. The first-order valence-electron chi connectivity index (χ1n) is 10.8. The molecule has 2 N–H and O–H groups in total. The number of pyridine rings is 1. The molecule has 1 amide bonds. The highest BCUT2D eigenvalue weighted by atomic mass is 19.1. The van der Waals surface area contributed by atoms with Gasteiger partial charge in [0.2, 0.25) is 0 Å². The van der Waals surface area contributed by atoms with Gasteiger partial charge in [-0.15, -0.1) is 0 Å². The molecule has 1 saturated heterocycles. The van der Waals surface area contributed by atoms with Crippen LogP contribution in [0.3, 0.4) is 0 Å². The zero-order chi connectivity index (χ0) is 21.2. The Morgan fingerprint density at radius 2 is 1.97 bits per heavy atom. The van der Waals surface area contributed by atoms with Crippen LogP contribution in [0.5, 0.6) is 0 Å². The highest BCUT2D eigenvalue weighted by Gasteiger charge is 2.23. The van der Waals surface area contributed by atoms with Gasteiger partial charge in [-0.3, -0.25) is 4.79 Å². The third-order valence-corrected chi connectivity index (χ3v) is 6.25. The van der Waals surface area contributed by atoms with Crippen LogP contribution < -0.4 is 5.32 Å². The van der Waals surface area contributed by atoms with E-state index in [2.05, 4.69) is 20.2 Å². The molecule has 0 aliphatic carbocycles. The normalized spacial score (nSPS) is 15.5. The van der Waals surface area contributed by atoms with Crippen molar-refractivity contribution < 1.29 is 9.18 Å². The molecule has 1 fully saturated rings. The molecule has 5 nitrogen and oxygen atoms in total. The standard InChI is InChI=1S/C25H25FN4O/c26-19-6-7-20-21(16-28-24(20)15-19)17-9-12-30(13-10-17)14-11-27-25(31)23-8-5-18-3-1-2-4-22(18)29-23/h1-8,15-17,28H,9-14H2,(H,27,31). The first kappa shape index (κ1) is 19.7. The van der Waals surface area contributed by atoms with Gasteiger partial charge in [0.1, 0.15) is 11.5 Å². The minimum absolute atomic E-state index is 0.133. The highest BCUT2D eigenvalue weighted by Crippen LogP contribution is 2.33. The number of rotatable bonds is 5. The first-order valence-corrected chi connectivity index (χ1v) is 10.8. The second-order valence-electron chi connectivity index (χ2n) is 8.19. The lowest BCUT2D eigenvalue weighted by Gasteiger charge is -2.31. The molecule has 0 radical (unpaired) electrons. The molecule has 3 heterocycles. The number of aromatic amines is 1. The van der Waals surface area contributed by atoms with Crippen molar-refractivity contribution in [2.24, 2.45) is 0 Å². The molecule has 158 valence electrons. The van der Waals surface area contributed by atoms with E-state index in [9.17, 15) is 9.18 Å². The number of amides is 1. The molecule has 1 aliphatic heterocycles. The van der Waals surface area contributed by atoms with Gasteiger partial charge in [0.05, 0.1) is 5.52 Å². The molecule has 2 aromatic heterocycles. The van der Waals surface area contributed by atoms with Crippen LogP contribution >= 0.6 is 0 Å². The number of halogens is 1. The smallest absolute Gasteiger partial charge is 0.269 e. The number of likely N-dealkylation sites (tertiary alicyclic amines) is 1. The fraction of sp³-hybridized carbons (Fsp3) is 0.280. The fourth-order valence-electron chi connectivity index (χ4n) is 4.54. The average molecular weight is 417 g/mol. The number of para-hydroxylation sites is 1. The van der Waals surface area contributed by atoms with E-state index in [4.69, 9.17) is 0 Å². The third-order valence-electron chi connectivity index (χ3n) is 6.25. The highest BCUT2D eigenvalue weighted by molar-refractivity contribution is 5.94. The van der Waals surface area contributed by atoms with E-state index >= 15 is 0 Å². The Balaban J connectivity index is 1.12. The molecule has 2 aromatic carbocycles. The van der Waals surface area contributed by atoms with Crippen LogP contribution in [0.2, 0.25) is 0 Å². The van der Waals surface area contributed by atoms with Gasteiger partial charge in [-0.25, -0.2) is 9.37 Å². The Kier molecular flexibility index (Phi) is 5.38. The molecule has 0 spiro atoms. The van der Waals surface area contributed by atoms with Crippen molar-refractivity contribution in [1.82, 2.24) is 20.2 Å². The van der Waals surface area contributed by atoms with E-state index in [0.717, 1.165) is 54.3 Å². The van der Waals surface area contributed by atoms with Crippen LogP contribution in [0.15, 0.2) is 60.8 Å². The van der Waals surface area contributed by atoms with Gasteiger partial charge in [0.15, 0.2) is 0 Å². The van der Waals surface area contributed by atoms with Crippen LogP contribution in [0.4, 0.5) is 4.39 Å². The number of nitrogens with one attached hydrogen (secondary N) is 2. The molecule has 31 heavy (non-hydrogen) atoms. The topological polar surface area (TPSA) is 61.0 Å². The molecule has 0 atom stereocenters. The van der Waals surface area contributed by atoms with Crippen molar-refractivity contribution in [3.63, 3.8) is 0 Å². The average Bonchev–Trinajstić information content (AvgIpc) is 3.22. The van der Waals surface area contributed by atoms with Gasteiger partial charge in [0, 0.05) is 35.6 Å². The summed E-state index contributed by atoms with van der Waals surface area (Å²) < 4.78 is 13.4. The van der Waals surface area contributed by atoms with Crippen molar-refractivity contribution in [3.05, 3.63) is 77.9 Å². The van der Waals surface area contributed by atoms with E-state index in [1.807, 2.05) is 42.6 Å². The summed E-state index contributed by atoms with van der Waals surface area (Å²) in [4.78, 5) is 22.5. The number of hydrogen-bond acceptors (Lipinski definition) is 3. The monoisotopic (exact) mass is 416 g/mol. The summed E-state index contributed by atoms with van der Waals surface area (Å²) in [5, 5.41) is 5.15. The summed E-state index contributed by atoms with van der Waals surface area (Å²) >= 11 is 0. The quantitative estimate of drug-likeness (QED) is 0.505. The lowest BCUT2D eigenvalue weighted by Crippen LogP contribution is -2.39. The number of hydrogen-bond donors (Lipinski definition) is 2. The summed E-state index contributed by atoms with van der Waals surface area (Å²) in [5.74, 6) is 0.134. The molecular weight excluding hydrogens is 391 g/mol. The summed E-state index contributed by atoms with van der Waals surface area (Å²) in [6, 6.07) is 16.5. The Hall–Kier alpha value is -3.25. The summed E-state index contributed by atoms with van der Waals surface area (Å²) in [6.07, 6.45) is 4.15. The SMILES string of the molecule is O=C(NCCN1CCC(c2c[nH]c3cc(F)ccc23)CC1)c1ccc2ccccc2n1. The number of nitrogens with zero attached hydrogens (tertiary/aromatic N) is 2. The summed E-state index contributed by atoms with van der Waals surface area (Å²) in [7, 11) is 0. The Morgan fingerprint density at radius 1 is 1.13 bits per heavy atom. The predicted molar refractivity (Wildman–Crippen MR) is 121 cm³/mol. The fourth-order valence-corrected chi connectivity index (χ4v) is 4.54. The zero-order valence-corrected chi connectivity index (χ0v) is 17.3. The van der Waals surface area contributed by atoms with E-state index in [-0.39, 0.29) is 11.7 Å². The van der Waals surface area contributed by atoms with Gasteiger partial charge in [-0.2, -0.15) is 0 Å². The second kappa shape index (κ2) is 8.47. The largest absolute Gasteiger partial charge is 0.361 e. The van der Waals surface area contributed by atoms with E-state index < -0.39 is 0 Å². The number of H-pyrrole nitrogens is 1. The number of carbonyl (C=O) groups is 1. The van der Waals surface area contributed by atoms with Gasteiger partial charge >= 0.3 is 0 Å². The maximum atomic E-state index is 13.4. The molecule has 4 aromatic rings. The Labute approximate surface area is 180 Å².